The lowest BCUT2D eigenvalue weighted by molar-refractivity contribution is -0.135. The van der Waals surface area contributed by atoms with Crippen molar-refractivity contribution in [2.45, 2.75) is 45.2 Å². The summed E-state index contributed by atoms with van der Waals surface area (Å²) in [6.45, 7) is 2.23. The van der Waals surface area contributed by atoms with Gasteiger partial charge in [0.2, 0.25) is 5.91 Å². The van der Waals surface area contributed by atoms with Gasteiger partial charge in [0.15, 0.2) is 0 Å². The fourth-order valence-corrected chi connectivity index (χ4v) is 3.60. The van der Waals surface area contributed by atoms with Crippen molar-refractivity contribution in [3.05, 3.63) is 63.8 Å². The third kappa shape index (κ3) is 3.95. The van der Waals surface area contributed by atoms with Gasteiger partial charge in [-0.05, 0) is 50.3 Å². The molecule has 0 aliphatic carbocycles. The average molecular weight is 358 g/mol. The molecule has 138 valence electrons. The van der Waals surface area contributed by atoms with Gasteiger partial charge in [-0.15, -0.1) is 0 Å². The normalized spacial score (nSPS) is 17.3. The van der Waals surface area contributed by atoms with Gasteiger partial charge in [0.05, 0.1) is 0 Å². The van der Waals surface area contributed by atoms with E-state index in [9.17, 15) is 19.1 Å². The number of rotatable bonds is 4. The molecule has 1 fully saturated rings. The van der Waals surface area contributed by atoms with Crippen molar-refractivity contribution in [1.29, 1.82) is 0 Å². The zero-order valence-electron chi connectivity index (χ0n) is 14.8. The number of aromatic nitrogens is 1. The van der Waals surface area contributed by atoms with E-state index in [4.69, 9.17) is 0 Å². The molecule has 1 aliphatic heterocycles. The topological polar surface area (TPSA) is 62.5 Å². The summed E-state index contributed by atoms with van der Waals surface area (Å²) in [4.78, 5) is 26.7. The lowest BCUT2D eigenvalue weighted by Gasteiger charge is -2.36. The van der Waals surface area contributed by atoms with E-state index in [1.807, 2.05) is 0 Å². The van der Waals surface area contributed by atoms with E-state index in [0.29, 0.717) is 24.2 Å². The van der Waals surface area contributed by atoms with Gasteiger partial charge in [-0.3, -0.25) is 9.59 Å². The van der Waals surface area contributed by atoms with Crippen LogP contribution >= 0.6 is 0 Å². The summed E-state index contributed by atoms with van der Waals surface area (Å²) in [7, 11) is 0. The maximum absolute atomic E-state index is 14.0. The first-order chi connectivity index (χ1) is 12.5. The summed E-state index contributed by atoms with van der Waals surface area (Å²) in [5.41, 5.74) is 0.736. The average Bonchev–Trinajstić information content (AvgIpc) is 2.60. The van der Waals surface area contributed by atoms with Gasteiger partial charge in [-0.1, -0.05) is 18.2 Å². The largest absolute Gasteiger partial charge is 0.508 e. The molecule has 3 rings (SSSR count). The van der Waals surface area contributed by atoms with Gasteiger partial charge in [-0.25, -0.2) is 4.39 Å². The molecule has 1 aliphatic rings. The number of piperidine rings is 1. The third-order valence-electron chi connectivity index (χ3n) is 4.97. The molecule has 0 spiro atoms. The summed E-state index contributed by atoms with van der Waals surface area (Å²) in [5, 5.41) is 9.49. The van der Waals surface area contributed by atoms with Crippen LogP contribution in [0.25, 0.3) is 0 Å². The van der Waals surface area contributed by atoms with Crippen LogP contribution in [0, 0.1) is 12.7 Å². The minimum Gasteiger partial charge on any atom is -0.508 e. The number of hydrogen-bond donors (Lipinski definition) is 1. The van der Waals surface area contributed by atoms with Crippen LogP contribution in [0.4, 0.5) is 4.39 Å². The molecule has 0 saturated carbocycles. The van der Waals surface area contributed by atoms with Crippen LogP contribution in [-0.2, 0) is 17.8 Å². The zero-order chi connectivity index (χ0) is 18.7. The number of carbonyl (C=O) groups excluding carboxylic acids is 1. The van der Waals surface area contributed by atoms with Crippen molar-refractivity contribution in [1.82, 2.24) is 9.47 Å². The predicted octanol–water partition coefficient (Wildman–Crippen LogP) is 2.63. The van der Waals surface area contributed by atoms with E-state index in [2.05, 4.69) is 0 Å². The van der Waals surface area contributed by atoms with Crippen molar-refractivity contribution in [3.63, 3.8) is 0 Å². The van der Waals surface area contributed by atoms with Crippen LogP contribution in [0.5, 0.6) is 5.75 Å². The number of aromatic hydroxyl groups is 1. The second-order valence-electron chi connectivity index (χ2n) is 6.81. The summed E-state index contributed by atoms with van der Waals surface area (Å²) < 4.78 is 15.3. The molecule has 1 N–H and O–H groups in total. The number of likely N-dealkylation sites (tertiary alicyclic amines) is 1. The number of amides is 1. The molecule has 1 atom stereocenters. The molecule has 1 amide bonds. The molecule has 26 heavy (non-hydrogen) atoms. The Kier molecular flexibility index (Phi) is 5.40. The minimum absolute atomic E-state index is 0.0683. The highest BCUT2D eigenvalue weighted by Crippen LogP contribution is 2.22. The van der Waals surface area contributed by atoms with Crippen LogP contribution in [0.3, 0.4) is 0 Å². The van der Waals surface area contributed by atoms with Gasteiger partial charge in [0.25, 0.3) is 5.56 Å². The summed E-state index contributed by atoms with van der Waals surface area (Å²) >= 11 is 0. The lowest BCUT2D eigenvalue weighted by Crippen LogP contribution is -2.47. The standard InChI is InChI=1S/C20H23FN2O3/c1-14-10-17(24)12-19(25)23(14)13-20(26)22-9-5-4-7-16(22)11-15-6-2-3-8-18(15)21/h2-3,6,8,10,12,16,24H,4-5,7,9,11,13H2,1H3. The Hall–Kier alpha value is -2.63. The first-order valence-corrected chi connectivity index (χ1v) is 8.89. The number of benzene rings is 1. The van der Waals surface area contributed by atoms with Crippen LogP contribution in [0.1, 0.15) is 30.5 Å². The molecule has 2 heterocycles. The monoisotopic (exact) mass is 358 g/mol. The molecule has 1 saturated heterocycles. The molecular formula is C20H23FN2O3. The van der Waals surface area contributed by atoms with Crippen LogP contribution in [0.2, 0.25) is 0 Å². The smallest absolute Gasteiger partial charge is 0.254 e. The molecule has 0 bridgehead atoms. The first-order valence-electron chi connectivity index (χ1n) is 8.89. The Bertz CT molecular complexity index is 862. The van der Waals surface area contributed by atoms with Crippen molar-refractivity contribution >= 4 is 5.91 Å². The van der Waals surface area contributed by atoms with Gasteiger partial charge in [0.1, 0.15) is 18.1 Å². The highest BCUT2D eigenvalue weighted by molar-refractivity contribution is 5.76. The minimum atomic E-state index is -0.404. The van der Waals surface area contributed by atoms with Gasteiger partial charge < -0.3 is 14.6 Å². The highest BCUT2D eigenvalue weighted by atomic mass is 19.1. The van der Waals surface area contributed by atoms with Gasteiger partial charge >= 0.3 is 0 Å². The predicted molar refractivity (Wildman–Crippen MR) is 96.6 cm³/mol. The number of aryl methyl sites for hydroxylation is 1. The molecule has 6 heteroatoms. The number of carbonyl (C=O) groups is 1. The Morgan fingerprint density at radius 3 is 2.77 bits per heavy atom. The number of hydrogen-bond acceptors (Lipinski definition) is 3. The van der Waals surface area contributed by atoms with Crippen molar-refractivity contribution in [2.75, 3.05) is 6.54 Å². The quantitative estimate of drug-likeness (QED) is 0.914. The zero-order valence-corrected chi connectivity index (χ0v) is 14.8. The number of halogens is 1. The van der Waals surface area contributed by atoms with Crippen molar-refractivity contribution in [3.8, 4) is 5.75 Å². The molecule has 0 radical (unpaired) electrons. The maximum Gasteiger partial charge on any atom is 0.254 e. The molecule has 1 aromatic carbocycles. The van der Waals surface area contributed by atoms with Crippen molar-refractivity contribution in [2.24, 2.45) is 0 Å². The van der Waals surface area contributed by atoms with Gasteiger partial charge in [-0.2, -0.15) is 0 Å². The van der Waals surface area contributed by atoms with Crippen LogP contribution < -0.4 is 5.56 Å². The molecule has 5 nitrogen and oxygen atoms in total. The second kappa shape index (κ2) is 7.72. The fraction of sp³-hybridized carbons (Fsp3) is 0.400. The van der Waals surface area contributed by atoms with Crippen molar-refractivity contribution < 1.29 is 14.3 Å². The van der Waals surface area contributed by atoms with E-state index >= 15 is 0 Å². The first kappa shape index (κ1) is 18.2. The fourth-order valence-electron chi connectivity index (χ4n) is 3.60. The molecule has 2 aromatic rings. The van der Waals surface area contributed by atoms with E-state index in [-0.39, 0.29) is 30.1 Å². The Labute approximate surface area is 151 Å². The molecule has 1 unspecified atom stereocenters. The SMILES string of the molecule is Cc1cc(O)cc(=O)n1CC(=O)N1CCCCC1Cc1ccccc1F. The highest BCUT2D eigenvalue weighted by Gasteiger charge is 2.28. The Balaban J connectivity index is 1.78. The number of pyridine rings is 1. The van der Waals surface area contributed by atoms with Crippen LogP contribution in [-0.4, -0.2) is 33.1 Å². The summed E-state index contributed by atoms with van der Waals surface area (Å²) in [5.74, 6) is -0.510. The van der Waals surface area contributed by atoms with Gasteiger partial charge in [0, 0.05) is 24.3 Å². The Morgan fingerprint density at radius 1 is 1.27 bits per heavy atom. The van der Waals surface area contributed by atoms with E-state index in [1.54, 1.807) is 30.0 Å². The van der Waals surface area contributed by atoms with Crippen LogP contribution in [0.15, 0.2) is 41.2 Å². The van der Waals surface area contributed by atoms with E-state index < -0.39 is 5.56 Å². The molecule has 1 aromatic heterocycles. The summed E-state index contributed by atoms with van der Waals surface area (Å²) in [6, 6.07) is 9.14. The number of nitrogens with zero attached hydrogens (tertiary/aromatic N) is 2. The Morgan fingerprint density at radius 2 is 2.04 bits per heavy atom. The maximum atomic E-state index is 14.0. The van der Waals surface area contributed by atoms with E-state index in [0.717, 1.165) is 25.3 Å². The second-order valence-corrected chi connectivity index (χ2v) is 6.81. The molecular weight excluding hydrogens is 335 g/mol. The van der Waals surface area contributed by atoms with E-state index in [1.165, 1.54) is 16.7 Å². The third-order valence-corrected chi connectivity index (χ3v) is 4.97. The lowest BCUT2D eigenvalue weighted by atomic mass is 9.95. The summed E-state index contributed by atoms with van der Waals surface area (Å²) in [6.07, 6.45) is 3.20.